The van der Waals surface area contributed by atoms with Crippen molar-refractivity contribution in [2.24, 2.45) is 5.73 Å². The first-order chi connectivity index (χ1) is 7.63. The summed E-state index contributed by atoms with van der Waals surface area (Å²) in [4.78, 5) is 25.7. The second kappa shape index (κ2) is 5.69. The summed E-state index contributed by atoms with van der Waals surface area (Å²) in [5.41, 5.74) is 5.10. The fourth-order valence-electron chi connectivity index (χ4n) is 1.02. The first kappa shape index (κ1) is 12.0. The van der Waals surface area contributed by atoms with Crippen LogP contribution in [0.5, 0.6) is 5.75 Å². The van der Waals surface area contributed by atoms with Crippen LogP contribution in [0.3, 0.4) is 0 Å². The number of hydrogen-bond donors (Lipinski definition) is 2. The second-order valence-electron chi connectivity index (χ2n) is 2.96. The van der Waals surface area contributed by atoms with Crippen LogP contribution in [0, 0.1) is 0 Å². The normalized spacial score (nSPS) is 9.56. The van der Waals surface area contributed by atoms with Crippen molar-refractivity contribution < 1.29 is 14.3 Å². The molecule has 3 N–H and O–H groups in total. The van der Waals surface area contributed by atoms with Crippen LogP contribution in [0.25, 0.3) is 0 Å². The number of nitrogens with two attached hydrogens (primary N) is 1. The number of hydrogen-bond acceptors (Lipinski definition) is 4. The van der Waals surface area contributed by atoms with Crippen molar-refractivity contribution in [1.29, 1.82) is 0 Å². The first-order valence-electron chi connectivity index (χ1n) is 4.79. The third kappa shape index (κ3) is 3.56. The van der Waals surface area contributed by atoms with Gasteiger partial charge in [-0.3, -0.25) is 9.59 Å². The lowest BCUT2D eigenvalue weighted by Gasteiger charge is -2.04. The average Bonchev–Trinajstić information content (AvgIpc) is 2.27. The van der Waals surface area contributed by atoms with Crippen molar-refractivity contribution in [1.82, 2.24) is 10.3 Å². The molecule has 0 atom stereocenters. The maximum Gasteiger partial charge on any atom is 0.270 e. The predicted octanol–water partition coefficient (Wildman–Crippen LogP) is -0.305. The number of aromatic nitrogens is 1. The Morgan fingerprint density at radius 3 is 2.75 bits per heavy atom. The third-order valence-corrected chi connectivity index (χ3v) is 1.70. The maximum atomic E-state index is 11.4. The van der Waals surface area contributed by atoms with Gasteiger partial charge in [0.15, 0.2) is 0 Å². The molecule has 16 heavy (non-hydrogen) atoms. The highest BCUT2D eigenvalue weighted by atomic mass is 16.5. The molecule has 1 aromatic heterocycles. The van der Waals surface area contributed by atoms with E-state index in [-0.39, 0.29) is 12.2 Å². The SMILES string of the molecule is CCOc1ccc(C(=O)NCC(N)=O)nc1. The number of carbonyl (C=O) groups excluding carboxylic acids is 2. The Bertz CT molecular complexity index is 375. The largest absolute Gasteiger partial charge is 0.492 e. The van der Waals surface area contributed by atoms with E-state index in [0.29, 0.717) is 12.4 Å². The van der Waals surface area contributed by atoms with E-state index in [1.807, 2.05) is 6.92 Å². The first-order valence-corrected chi connectivity index (χ1v) is 4.79. The second-order valence-corrected chi connectivity index (χ2v) is 2.96. The highest BCUT2D eigenvalue weighted by Crippen LogP contribution is 2.08. The fraction of sp³-hybridized carbons (Fsp3) is 0.300. The molecule has 0 unspecified atom stereocenters. The maximum absolute atomic E-state index is 11.4. The van der Waals surface area contributed by atoms with Crippen LogP contribution < -0.4 is 15.8 Å². The molecule has 2 amide bonds. The van der Waals surface area contributed by atoms with Crippen molar-refractivity contribution in [2.75, 3.05) is 13.2 Å². The zero-order valence-corrected chi connectivity index (χ0v) is 8.90. The minimum Gasteiger partial charge on any atom is -0.492 e. The lowest BCUT2D eigenvalue weighted by Crippen LogP contribution is -2.33. The molecule has 1 aromatic rings. The molecule has 0 radical (unpaired) electrons. The van der Waals surface area contributed by atoms with Crippen LogP contribution in [0.1, 0.15) is 17.4 Å². The van der Waals surface area contributed by atoms with E-state index in [9.17, 15) is 9.59 Å². The van der Waals surface area contributed by atoms with Gasteiger partial charge in [-0.15, -0.1) is 0 Å². The Labute approximate surface area is 92.8 Å². The van der Waals surface area contributed by atoms with E-state index >= 15 is 0 Å². The standard InChI is InChI=1S/C10H13N3O3/c1-2-16-7-3-4-8(12-5-7)10(15)13-6-9(11)14/h3-5H,2,6H2,1H3,(H2,11,14)(H,13,15). The number of nitrogens with one attached hydrogen (secondary N) is 1. The number of ether oxygens (including phenoxy) is 1. The molecular formula is C10H13N3O3. The number of pyridine rings is 1. The quantitative estimate of drug-likeness (QED) is 0.716. The van der Waals surface area contributed by atoms with Crippen LogP contribution in [-0.4, -0.2) is 29.9 Å². The van der Waals surface area contributed by atoms with Crippen LogP contribution in [-0.2, 0) is 4.79 Å². The van der Waals surface area contributed by atoms with Crippen LogP contribution in [0.4, 0.5) is 0 Å². The fourth-order valence-corrected chi connectivity index (χ4v) is 1.02. The topological polar surface area (TPSA) is 94.3 Å². The Morgan fingerprint density at radius 1 is 1.50 bits per heavy atom. The Morgan fingerprint density at radius 2 is 2.25 bits per heavy atom. The summed E-state index contributed by atoms with van der Waals surface area (Å²) >= 11 is 0. The summed E-state index contributed by atoms with van der Waals surface area (Å²) in [7, 11) is 0. The van der Waals surface area contributed by atoms with Gasteiger partial charge in [-0.05, 0) is 19.1 Å². The van der Waals surface area contributed by atoms with Crippen molar-refractivity contribution in [2.45, 2.75) is 6.92 Å². The van der Waals surface area contributed by atoms with Gasteiger partial charge in [0, 0.05) is 0 Å². The molecule has 0 aromatic carbocycles. The van der Waals surface area contributed by atoms with Crippen molar-refractivity contribution >= 4 is 11.8 Å². The molecule has 0 aliphatic carbocycles. The van der Waals surface area contributed by atoms with Gasteiger partial charge in [0.1, 0.15) is 11.4 Å². The Kier molecular flexibility index (Phi) is 4.26. The van der Waals surface area contributed by atoms with E-state index in [0.717, 1.165) is 0 Å². The van der Waals surface area contributed by atoms with Crippen molar-refractivity contribution in [3.63, 3.8) is 0 Å². The van der Waals surface area contributed by atoms with Gasteiger partial charge < -0.3 is 15.8 Å². The smallest absolute Gasteiger partial charge is 0.270 e. The molecule has 6 heteroatoms. The summed E-state index contributed by atoms with van der Waals surface area (Å²) in [5, 5.41) is 2.33. The molecule has 86 valence electrons. The van der Waals surface area contributed by atoms with Gasteiger partial charge in [-0.1, -0.05) is 0 Å². The summed E-state index contributed by atoms with van der Waals surface area (Å²) in [5.74, 6) is -0.449. The summed E-state index contributed by atoms with van der Waals surface area (Å²) in [6, 6.07) is 3.15. The zero-order chi connectivity index (χ0) is 12.0. The number of carbonyl (C=O) groups is 2. The van der Waals surface area contributed by atoms with E-state index in [1.165, 1.54) is 12.3 Å². The van der Waals surface area contributed by atoms with Crippen molar-refractivity contribution in [3.8, 4) is 5.75 Å². The van der Waals surface area contributed by atoms with Crippen LogP contribution >= 0.6 is 0 Å². The minimum atomic E-state index is -0.598. The molecule has 6 nitrogen and oxygen atoms in total. The van der Waals surface area contributed by atoms with Gasteiger partial charge in [0.25, 0.3) is 5.91 Å². The Balaban J connectivity index is 2.59. The number of primary amides is 1. The predicted molar refractivity (Wildman–Crippen MR) is 56.9 cm³/mol. The van der Waals surface area contributed by atoms with Gasteiger partial charge in [-0.25, -0.2) is 4.98 Å². The number of rotatable bonds is 5. The number of nitrogens with zero attached hydrogens (tertiary/aromatic N) is 1. The lowest BCUT2D eigenvalue weighted by atomic mass is 10.3. The van der Waals surface area contributed by atoms with Gasteiger partial charge in [0.2, 0.25) is 5.91 Å². The van der Waals surface area contributed by atoms with Gasteiger partial charge in [0.05, 0.1) is 19.3 Å². The van der Waals surface area contributed by atoms with Crippen LogP contribution in [0.15, 0.2) is 18.3 Å². The number of amides is 2. The highest BCUT2D eigenvalue weighted by molar-refractivity contribution is 5.94. The summed E-state index contributed by atoms with van der Waals surface area (Å²) in [6.45, 7) is 2.19. The molecule has 0 aliphatic rings. The molecule has 0 bridgehead atoms. The molecule has 1 rings (SSSR count). The highest BCUT2D eigenvalue weighted by Gasteiger charge is 2.07. The molecule has 0 saturated carbocycles. The van der Waals surface area contributed by atoms with Crippen LogP contribution in [0.2, 0.25) is 0 Å². The van der Waals surface area contributed by atoms with E-state index in [2.05, 4.69) is 10.3 Å². The van der Waals surface area contributed by atoms with E-state index in [1.54, 1.807) is 6.07 Å². The van der Waals surface area contributed by atoms with Gasteiger partial charge in [-0.2, -0.15) is 0 Å². The summed E-state index contributed by atoms with van der Waals surface area (Å²) < 4.78 is 5.17. The molecule has 0 spiro atoms. The monoisotopic (exact) mass is 223 g/mol. The molecule has 0 aliphatic heterocycles. The third-order valence-electron chi connectivity index (χ3n) is 1.70. The molecule has 1 heterocycles. The van der Waals surface area contributed by atoms with Crippen molar-refractivity contribution in [3.05, 3.63) is 24.0 Å². The van der Waals surface area contributed by atoms with E-state index in [4.69, 9.17) is 10.5 Å². The molecular weight excluding hydrogens is 210 g/mol. The Hall–Kier alpha value is -2.11. The van der Waals surface area contributed by atoms with E-state index < -0.39 is 11.8 Å². The average molecular weight is 223 g/mol. The lowest BCUT2D eigenvalue weighted by molar-refractivity contribution is -0.117. The summed E-state index contributed by atoms with van der Waals surface area (Å²) in [6.07, 6.45) is 1.45. The molecule has 0 fully saturated rings. The zero-order valence-electron chi connectivity index (χ0n) is 8.90. The van der Waals surface area contributed by atoms with Gasteiger partial charge >= 0.3 is 0 Å². The minimum absolute atomic E-state index is 0.201. The molecule has 0 saturated heterocycles.